The zero-order valence-corrected chi connectivity index (χ0v) is 17.2. The Hall–Kier alpha value is -1.76. The number of imide groups is 1. The summed E-state index contributed by atoms with van der Waals surface area (Å²) in [6.07, 6.45) is 1.94. The average molecular weight is 395 g/mol. The van der Waals surface area contributed by atoms with E-state index in [2.05, 4.69) is 6.92 Å². The lowest BCUT2D eigenvalue weighted by Crippen LogP contribution is -2.45. The summed E-state index contributed by atoms with van der Waals surface area (Å²) < 4.78 is 4.84. The quantitative estimate of drug-likeness (QED) is 0.499. The fourth-order valence-corrected chi connectivity index (χ4v) is 4.54. The van der Waals surface area contributed by atoms with Gasteiger partial charge in [-0.1, -0.05) is 13.8 Å². The van der Waals surface area contributed by atoms with Crippen LogP contribution in [-0.4, -0.2) is 52.8 Å². The minimum absolute atomic E-state index is 0.0482. The van der Waals surface area contributed by atoms with Crippen LogP contribution < -0.4 is 0 Å². The van der Waals surface area contributed by atoms with E-state index in [0.29, 0.717) is 31.8 Å². The van der Waals surface area contributed by atoms with Crippen LogP contribution in [-0.2, 0) is 23.9 Å². The fraction of sp³-hybridized carbons (Fsp3) is 0.810. The molecule has 0 aromatic carbocycles. The Morgan fingerprint density at radius 1 is 1.18 bits per heavy atom. The third-order valence-corrected chi connectivity index (χ3v) is 5.90. The van der Waals surface area contributed by atoms with Gasteiger partial charge in [-0.3, -0.25) is 24.1 Å². The molecule has 2 aliphatic rings. The number of likely N-dealkylation sites (tertiary alicyclic amines) is 1. The maximum Gasteiger partial charge on any atom is 0.305 e. The molecular weight excluding hydrogens is 362 g/mol. The van der Waals surface area contributed by atoms with Crippen LogP contribution >= 0.6 is 0 Å². The molecule has 7 heteroatoms. The number of esters is 1. The van der Waals surface area contributed by atoms with Crippen LogP contribution in [0.1, 0.15) is 65.7 Å². The van der Waals surface area contributed by atoms with Crippen molar-refractivity contribution < 1.29 is 29.0 Å². The molecule has 1 heterocycles. The summed E-state index contributed by atoms with van der Waals surface area (Å²) in [6.45, 7) is 6.24. The first-order valence-corrected chi connectivity index (χ1v) is 10.4. The highest BCUT2D eigenvalue weighted by Gasteiger charge is 2.39. The fourth-order valence-electron chi connectivity index (χ4n) is 4.54. The van der Waals surface area contributed by atoms with Gasteiger partial charge in [-0.2, -0.15) is 0 Å². The number of amides is 2. The van der Waals surface area contributed by atoms with Crippen LogP contribution in [0.15, 0.2) is 0 Å². The molecule has 4 atom stereocenters. The van der Waals surface area contributed by atoms with E-state index in [-0.39, 0.29) is 61.2 Å². The highest BCUT2D eigenvalue weighted by molar-refractivity contribution is 5.98. The van der Waals surface area contributed by atoms with Crippen molar-refractivity contribution in [3.05, 3.63) is 0 Å². The summed E-state index contributed by atoms with van der Waals surface area (Å²) in [5, 5.41) is 10.6. The molecule has 1 aliphatic carbocycles. The molecule has 158 valence electrons. The lowest BCUT2D eigenvalue weighted by Gasteiger charge is -2.36. The molecule has 2 unspecified atom stereocenters. The Morgan fingerprint density at radius 2 is 1.82 bits per heavy atom. The van der Waals surface area contributed by atoms with Crippen LogP contribution in [0.2, 0.25) is 0 Å². The summed E-state index contributed by atoms with van der Waals surface area (Å²) in [5.74, 6) is -1.07. The zero-order valence-electron chi connectivity index (χ0n) is 17.2. The van der Waals surface area contributed by atoms with Gasteiger partial charge in [0.05, 0.1) is 12.7 Å². The number of ketones is 1. The van der Waals surface area contributed by atoms with Crippen molar-refractivity contribution in [2.75, 3.05) is 13.2 Å². The number of aliphatic hydroxyl groups is 1. The molecule has 28 heavy (non-hydrogen) atoms. The van der Waals surface area contributed by atoms with E-state index >= 15 is 0 Å². The van der Waals surface area contributed by atoms with E-state index in [4.69, 9.17) is 4.74 Å². The molecule has 1 saturated heterocycles. The highest BCUT2D eigenvalue weighted by atomic mass is 16.5. The largest absolute Gasteiger partial charge is 0.466 e. The minimum atomic E-state index is -0.807. The Bertz CT molecular complexity index is 586. The topological polar surface area (TPSA) is 101 Å². The zero-order chi connectivity index (χ0) is 20.8. The van der Waals surface area contributed by atoms with Crippen molar-refractivity contribution in [2.45, 2.75) is 71.8 Å². The van der Waals surface area contributed by atoms with E-state index in [1.165, 1.54) is 4.90 Å². The van der Waals surface area contributed by atoms with Gasteiger partial charge in [-0.25, -0.2) is 0 Å². The summed E-state index contributed by atoms with van der Waals surface area (Å²) >= 11 is 0. The smallest absolute Gasteiger partial charge is 0.305 e. The maximum atomic E-state index is 12.4. The van der Waals surface area contributed by atoms with Crippen molar-refractivity contribution in [3.63, 3.8) is 0 Å². The van der Waals surface area contributed by atoms with Crippen molar-refractivity contribution in [1.82, 2.24) is 4.90 Å². The highest BCUT2D eigenvalue weighted by Crippen LogP contribution is 2.35. The Labute approximate surface area is 166 Å². The van der Waals surface area contributed by atoms with Gasteiger partial charge >= 0.3 is 5.97 Å². The van der Waals surface area contributed by atoms with Crippen LogP contribution in [0.5, 0.6) is 0 Å². The van der Waals surface area contributed by atoms with Gasteiger partial charge in [0.25, 0.3) is 0 Å². The molecule has 2 fully saturated rings. The molecule has 7 nitrogen and oxygen atoms in total. The number of nitrogens with zero attached hydrogens (tertiary/aromatic N) is 1. The molecule has 0 bridgehead atoms. The van der Waals surface area contributed by atoms with Gasteiger partial charge in [0, 0.05) is 37.6 Å². The summed E-state index contributed by atoms with van der Waals surface area (Å²) in [7, 11) is 0. The third-order valence-electron chi connectivity index (χ3n) is 5.90. The SMILES string of the molecule is CCOC(=O)CCCN1C(=O)CC(CC(O)C2C[C@@H](C)C[C@H](C)C2=O)CC1=O. The lowest BCUT2D eigenvalue weighted by molar-refractivity contribution is -0.152. The molecule has 0 radical (unpaired) electrons. The Morgan fingerprint density at radius 3 is 2.43 bits per heavy atom. The van der Waals surface area contributed by atoms with Crippen molar-refractivity contribution >= 4 is 23.6 Å². The number of Topliss-reactive ketones (excluding diaryl/α,β-unsaturated/α-hetero) is 1. The first-order valence-electron chi connectivity index (χ1n) is 10.4. The third kappa shape index (κ3) is 5.87. The number of aliphatic hydroxyl groups excluding tert-OH is 1. The summed E-state index contributed by atoms with van der Waals surface area (Å²) in [6, 6.07) is 0. The van der Waals surface area contributed by atoms with Gasteiger partial charge in [-0.15, -0.1) is 0 Å². The van der Waals surface area contributed by atoms with Crippen molar-refractivity contribution in [2.24, 2.45) is 23.7 Å². The average Bonchev–Trinajstić information content (AvgIpc) is 2.60. The van der Waals surface area contributed by atoms with Gasteiger partial charge < -0.3 is 9.84 Å². The van der Waals surface area contributed by atoms with Crippen LogP contribution in [0.3, 0.4) is 0 Å². The van der Waals surface area contributed by atoms with Crippen LogP contribution in [0.25, 0.3) is 0 Å². The Kier molecular flexibility index (Phi) is 8.16. The van der Waals surface area contributed by atoms with Crippen LogP contribution in [0.4, 0.5) is 0 Å². The van der Waals surface area contributed by atoms with Gasteiger partial charge in [0.15, 0.2) is 0 Å². The normalized spacial score (nSPS) is 27.8. The van der Waals surface area contributed by atoms with Gasteiger partial charge in [0.1, 0.15) is 5.78 Å². The Balaban J connectivity index is 1.84. The number of carbonyl (C=O) groups is 4. The second-order valence-electron chi connectivity index (χ2n) is 8.41. The molecule has 1 saturated carbocycles. The number of piperidine rings is 1. The maximum absolute atomic E-state index is 12.4. The number of carbonyl (C=O) groups excluding carboxylic acids is 4. The van der Waals surface area contributed by atoms with E-state index in [1.54, 1.807) is 6.92 Å². The lowest BCUT2D eigenvalue weighted by atomic mass is 9.71. The van der Waals surface area contributed by atoms with E-state index in [1.807, 2.05) is 6.92 Å². The number of rotatable bonds is 8. The van der Waals surface area contributed by atoms with E-state index < -0.39 is 12.0 Å². The first kappa shape index (κ1) is 22.5. The molecule has 2 amide bonds. The predicted octanol–water partition coefficient (Wildman–Crippen LogP) is 2.10. The summed E-state index contributed by atoms with van der Waals surface area (Å²) in [5.41, 5.74) is 0. The van der Waals surface area contributed by atoms with Crippen LogP contribution in [0, 0.1) is 23.7 Å². The van der Waals surface area contributed by atoms with E-state index in [0.717, 1.165) is 6.42 Å². The molecule has 0 aromatic rings. The number of hydrogen-bond donors (Lipinski definition) is 1. The molecular formula is C21H33NO6. The molecule has 2 rings (SSSR count). The second kappa shape index (κ2) is 10.1. The second-order valence-corrected chi connectivity index (χ2v) is 8.41. The minimum Gasteiger partial charge on any atom is -0.466 e. The predicted molar refractivity (Wildman–Crippen MR) is 102 cm³/mol. The molecule has 1 aliphatic heterocycles. The van der Waals surface area contributed by atoms with Crippen molar-refractivity contribution in [1.29, 1.82) is 0 Å². The standard InChI is InChI=1S/C21H33NO6/c1-4-28-20(26)6-5-7-22-18(24)11-15(12-19(22)25)10-17(23)16-9-13(2)8-14(3)21(16)27/h13-17,23H,4-12H2,1-3H3/t13-,14-,16?,17?/m0/s1. The summed E-state index contributed by atoms with van der Waals surface area (Å²) in [4.78, 5) is 49.8. The number of ether oxygens (including phenoxy) is 1. The molecule has 1 N–H and O–H groups in total. The number of hydrogen-bond acceptors (Lipinski definition) is 6. The van der Waals surface area contributed by atoms with Crippen molar-refractivity contribution in [3.8, 4) is 0 Å². The van der Waals surface area contributed by atoms with Gasteiger partial charge in [-0.05, 0) is 44.4 Å². The van der Waals surface area contributed by atoms with Gasteiger partial charge in [0.2, 0.25) is 11.8 Å². The monoisotopic (exact) mass is 395 g/mol. The molecule has 0 spiro atoms. The first-order chi connectivity index (χ1) is 13.2. The molecule has 0 aromatic heterocycles. The van der Waals surface area contributed by atoms with E-state index in [9.17, 15) is 24.3 Å².